The number of nitrogens with one attached hydrogen (secondary N) is 1. The van der Waals surface area contributed by atoms with Crippen molar-refractivity contribution in [3.8, 4) is 5.75 Å². The smallest absolute Gasteiger partial charge is 0.407 e. The van der Waals surface area contributed by atoms with Gasteiger partial charge in [0.25, 0.3) is 0 Å². The monoisotopic (exact) mass is 228 g/mol. The lowest BCUT2D eigenvalue weighted by molar-refractivity contribution is 0.105. The van der Waals surface area contributed by atoms with Crippen molar-refractivity contribution >= 4 is 6.09 Å². The molecule has 2 rings (SSSR count). The van der Waals surface area contributed by atoms with Gasteiger partial charge in [-0.2, -0.15) is 0 Å². The molecule has 0 aromatic heterocycles. The molecular formula is C12H15NO3. The molecule has 1 saturated heterocycles. The Hall–Kier alpha value is -1.71. The van der Waals surface area contributed by atoms with Crippen molar-refractivity contribution in [2.24, 2.45) is 0 Å². The van der Waals surface area contributed by atoms with Crippen LogP contribution in [0, 0.1) is 13.8 Å². The van der Waals surface area contributed by atoms with Crippen LogP contribution in [0.1, 0.15) is 20.7 Å². The highest BCUT2D eigenvalue weighted by molar-refractivity contribution is 5.69. The second-order valence-electron chi connectivity index (χ2n) is 3.23. The highest BCUT2D eigenvalue weighted by Crippen LogP contribution is 2.16. The largest absolute Gasteiger partial charge is 0.490 e. The molecule has 1 aliphatic rings. The molecule has 1 aromatic rings. The summed E-state index contributed by atoms with van der Waals surface area (Å²) in [5.74, 6) is -0.431. The van der Waals surface area contributed by atoms with E-state index in [2.05, 4.69) is 4.74 Å². The van der Waals surface area contributed by atoms with Crippen molar-refractivity contribution in [2.75, 3.05) is 13.1 Å². The van der Waals surface area contributed by atoms with Crippen LogP contribution in [-0.4, -0.2) is 25.3 Å². The summed E-state index contributed by atoms with van der Waals surface area (Å²) in [6.45, 7) is -2.40. The molecule has 1 aromatic carbocycles. The quantitative estimate of drug-likeness (QED) is 0.858. The van der Waals surface area contributed by atoms with E-state index in [0.29, 0.717) is 0 Å². The van der Waals surface area contributed by atoms with Crippen LogP contribution in [0.3, 0.4) is 0 Å². The summed E-state index contributed by atoms with van der Waals surface area (Å²) < 4.78 is 64.2. The highest BCUT2D eigenvalue weighted by Gasteiger charge is 2.22. The summed E-state index contributed by atoms with van der Waals surface area (Å²) in [7, 11) is 0. The Balaban J connectivity index is 2.44. The minimum atomic E-state index is -2.82. The molecule has 4 heteroatoms. The second-order valence-corrected chi connectivity index (χ2v) is 3.23. The Morgan fingerprint density at radius 2 is 2.31 bits per heavy atom. The summed E-state index contributed by atoms with van der Waals surface area (Å²) in [6, 6.07) is -0.697. The fourth-order valence-corrected chi connectivity index (χ4v) is 1.22. The number of rotatable bonds is 3. The number of amides is 1. The van der Waals surface area contributed by atoms with Crippen molar-refractivity contribution < 1.29 is 23.9 Å². The Labute approximate surface area is 104 Å². The van der Waals surface area contributed by atoms with Crippen molar-refractivity contribution in [1.82, 2.24) is 5.32 Å². The summed E-state index contributed by atoms with van der Waals surface area (Å²) in [4.78, 5) is 11.2. The van der Waals surface area contributed by atoms with E-state index in [1.165, 1.54) is 13.8 Å². The molecule has 16 heavy (non-hydrogen) atoms. The molecule has 86 valence electrons. The number of carbonyl (C=O) groups excluding carboxylic acids is 1. The van der Waals surface area contributed by atoms with Gasteiger partial charge < -0.3 is 14.8 Å². The van der Waals surface area contributed by atoms with E-state index in [-0.39, 0.29) is 29.3 Å². The fourth-order valence-electron chi connectivity index (χ4n) is 1.22. The number of benzene rings is 1. The standard InChI is InChI=1S/C12H15NO3/c1-8-3-9(2)5-10(4-8)15-7-11-6-13-12(14)16-11/h3-5,11H,6-7H2,1-2H3,(H,13,14)/i3D,4D,5D,6D2,7D2. The van der Waals surface area contributed by atoms with Crippen LogP contribution >= 0.6 is 0 Å². The molecule has 1 atom stereocenters. The van der Waals surface area contributed by atoms with Crippen LogP contribution < -0.4 is 10.1 Å². The van der Waals surface area contributed by atoms with Crippen LogP contribution in [0.5, 0.6) is 5.75 Å². The van der Waals surface area contributed by atoms with Crippen molar-refractivity contribution in [3.63, 3.8) is 0 Å². The highest BCUT2D eigenvalue weighted by atomic mass is 16.6. The number of ether oxygens (including phenoxy) is 2. The van der Waals surface area contributed by atoms with Crippen molar-refractivity contribution in [3.05, 3.63) is 29.3 Å². The first-order valence-corrected chi connectivity index (χ1v) is 4.63. The SMILES string of the molecule is [2H]c1c(C)c([2H])c(OC([2H])([2H])C2OC(=O)NC2([2H])[2H])c([2H])c1C. The fraction of sp³-hybridized carbons (Fsp3) is 0.417. The van der Waals surface area contributed by atoms with Gasteiger partial charge in [0.15, 0.2) is 6.10 Å². The zero-order chi connectivity index (χ0) is 17.7. The summed E-state index contributed by atoms with van der Waals surface area (Å²) in [5.41, 5.74) is 0.405. The van der Waals surface area contributed by atoms with Gasteiger partial charge in [0.1, 0.15) is 12.3 Å². The third-order valence-electron chi connectivity index (χ3n) is 1.78. The summed E-state index contributed by atoms with van der Waals surface area (Å²) >= 11 is 0. The molecule has 0 spiro atoms. The molecule has 1 heterocycles. The maximum atomic E-state index is 11.2. The number of carbonyl (C=O) groups is 1. The van der Waals surface area contributed by atoms with E-state index in [9.17, 15) is 4.79 Å². The minimum absolute atomic E-state index is 0.0165. The third kappa shape index (κ3) is 2.66. The molecule has 0 radical (unpaired) electrons. The Kier molecular flexibility index (Phi) is 1.41. The lowest BCUT2D eigenvalue weighted by atomic mass is 10.1. The second kappa shape index (κ2) is 4.43. The minimum Gasteiger partial charge on any atom is -0.490 e. The molecule has 1 unspecified atom stereocenters. The average molecular weight is 228 g/mol. The van der Waals surface area contributed by atoms with Gasteiger partial charge >= 0.3 is 6.09 Å². The topological polar surface area (TPSA) is 47.6 Å². The zero-order valence-corrected chi connectivity index (χ0v) is 8.80. The molecule has 1 amide bonds. The number of alkyl carbamates (subject to hydrolysis) is 1. The van der Waals surface area contributed by atoms with Crippen LogP contribution in [0.25, 0.3) is 0 Å². The molecule has 0 aliphatic carbocycles. The summed E-state index contributed by atoms with van der Waals surface area (Å²) in [5, 5.41) is 1.82. The van der Waals surface area contributed by atoms with Gasteiger partial charge in [0, 0.05) is 0 Å². The van der Waals surface area contributed by atoms with Crippen LogP contribution in [0.2, 0.25) is 0 Å². The van der Waals surface area contributed by atoms with E-state index in [1.54, 1.807) is 0 Å². The van der Waals surface area contributed by atoms with Gasteiger partial charge in [-0.3, -0.25) is 0 Å². The van der Waals surface area contributed by atoms with E-state index in [0.717, 1.165) is 0 Å². The molecule has 4 nitrogen and oxygen atoms in total. The van der Waals surface area contributed by atoms with Crippen LogP contribution in [0.15, 0.2) is 18.1 Å². The average Bonchev–Trinajstić information content (AvgIpc) is 2.73. The predicted octanol–water partition coefficient (Wildman–Crippen LogP) is 1.79. The third-order valence-corrected chi connectivity index (χ3v) is 1.78. The van der Waals surface area contributed by atoms with E-state index in [4.69, 9.17) is 14.3 Å². The molecule has 1 aliphatic heterocycles. The Morgan fingerprint density at radius 3 is 2.88 bits per heavy atom. The first-order valence-electron chi connectivity index (χ1n) is 8.13. The zero-order valence-electron chi connectivity index (χ0n) is 15.8. The van der Waals surface area contributed by atoms with Crippen LogP contribution in [0.4, 0.5) is 4.79 Å². The number of hydrogen-bond acceptors (Lipinski definition) is 3. The lowest BCUT2D eigenvalue weighted by Gasteiger charge is -2.11. The van der Waals surface area contributed by atoms with Crippen molar-refractivity contribution in [2.45, 2.75) is 20.0 Å². The molecule has 1 N–H and O–H groups in total. The van der Waals surface area contributed by atoms with E-state index < -0.39 is 31.0 Å². The van der Waals surface area contributed by atoms with E-state index >= 15 is 0 Å². The normalized spacial score (nSPS) is 29.5. The van der Waals surface area contributed by atoms with E-state index in [1.807, 2.05) is 5.32 Å². The predicted molar refractivity (Wildman–Crippen MR) is 59.7 cm³/mol. The van der Waals surface area contributed by atoms with Gasteiger partial charge in [-0.05, 0) is 37.1 Å². The van der Waals surface area contributed by atoms with Gasteiger partial charge in [-0.25, -0.2) is 4.79 Å². The number of hydrogen-bond donors (Lipinski definition) is 1. The van der Waals surface area contributed by atoms with Gasteiger partial charge in [0.05, 0.1) is 16.1 Å². The molecular weight excluding hydrogens is 206 g/mol. The Bertz CT molecular complexity index is 648. The van der Waals surface area contributed by atoms with Crippen molar-refractivity contribution in [1.29, 1.82) is 0 Å². The first-order chi connectivity index (χ1) is 10.4. The Morgan fingerprint density at radius 1 is 1.62 bits per heavy atom. The van der Waals surface area contributed by atoms with Gasteiger partial charge in [-0.1, -0.05) is 6.04 Å². The van der Waals surface area contributed by atoms with Gasteiger partial charge in [0.2, 0.25) is 0 Å². The first kappa shape index (κ1) is 5.08. The van der Waals surface area contributed by atoms with Gasteiger partial charge in [-0.15, -0.1) is 0 Å². The number of cyclic esters (lactones) is 1. The molecule has 0 bridgehead atoms. The molecule has 1 fully saturated rings. The lowest BCUT2D eigenvalue weighted by Crippen LogP contribution is -2.21. The summed E-state index contributed by atoms with van der Waals surface area (Å²) in [6.07, 6.45) is -3.05. The maximum Gasteiger partial charge on any atom is 0.407 e. The molecule has 0 saturated carbocycles. The maximum absolute atomic E-state index is 11.2. The van der Waals surface area contributed by atoms with Crippen LogP contribution in [-0.2, 0) is 4.74 Å².